The Labute approximate surface area is 189 Å². The molecular weight excluding hydrogens is 435 g/mol. The monoisotopic (exact) mass is 458 g/mol. The van der Waals surface area contributed by atoms with Crippen LogP contribution in [0.3, 0.4) is 0 Å². The number of esters is 1. The first kappa shape index (κ1) is 23.3. The first-order valence-electron chi connectivity index (χ1n) is 9.88. The summed E-state index contributed by atoms with van der Waals surface area (Å²) in [6, 6.07) is 12.6. The van der Waals surface area contributed by atoms with Crippen LogP contribution in [0.4, 0.5) is 4.39 Å². The Hall–Kier alpha value is -3.40. The van der Waals surface area contributed by atoms with E-state index in [9.17, 15) is 14.0 Å². The van der Waals surface area contributed by atoms with Crippen LogP contribution in [0.5, 0.6) is 5.75 Å². The molecule has 1 aromatic heterocycles. The Kier molecular flexibility index (Phi) is 7.82. The predicted octanol–water partition coefficient (Wildman–Crippen LogP) is 3.39. The number of carbonyl (C=O) groups is 2. The smallest absolute Gasteiger partial charge is 0.319 e. The van der Waals surface area contributed by atoms with E-state index in [1.807, 2.05) is 0 Å². The molecule has 1 heterocycles. The highest BCUT2D eigenvalue weighted by atomic mass is 32.2. The molecule has 0 aliphatic heterocycles. The van der Waals surface area contributed by atoms with Crippen molar-refractivity contribution in [1.82, 2.24) is 20.1 Å². The van der Waals surface area contributed by atoms with E-state index in [-0.39, 0.29) is 25.0 Å². The van der Waals surface area contributed by atoms with Crippen LogP contribution in [0.1, 0.15) is 30.0 Å². The Balaban J connectivity index is 1.84. The molecule has 0 spiro atoms. The van der Waals surface area contributed by atoms with Gasteiger partial charge in [0.25, 0.3) is 5.91 Å². The molecule has 0 aliphatic carbocycles. The van der Waals surface area contributed by atoms with Gasteiger partial charge in [0.1, 0.15) is 16.8 Å². The average Bonchev–Trinajstić information content (AvgIpc) is 3.19. The standard InChI is InChI=1S/C22H23FN4O4S/c1-4-31-21(29)14(2)32-22-26-25-19(27(22)17-7-5-6-16(23)12-17)13-24-20(28)15-8-10-18(30-3)11-9-15/h5-12,14H,4,13H2,1-3H3,(H,24,28)/t14-/m1/s1. The lowest BCUT2D eigenvalue weighted by Gasteiger charge is -2.13. The van der Waals surface area contributed by atoms with Gasteiger partial charge in [0, 0.05) is 5.56 Å². The molecule has 32 heavy (non-hydrogen) atoms. The molecular formula is C22H23FN4O4S. The van der Waals surface area contributed by atoms with Gasteiger partial charge in [0.2, 0.25) is 0 Å². The second kappa shape index (κ2) is 10.8. The molecule has 0 bridgehead atoms. The lowest BCUT2D eigenvalue weighted by molar-refractivity contribution is -0.142. The number of carbonyl (C=O) groups excluding carboxylic acids is 2. The van der Waals surface area contributed by atoms with Gasteiger partial charge in [-0.25, -0.2) is 4.39 Å². The maximum absolute atomic E-state index is 13.9. The van der Waals surface area contributed by atoms with Crippen LogP contribution in [-0.4, -0.2) is 45.6 Å². The van der Waals surface area contributed by atoms with Gasteiger partial charge in [-0.3, -0.25) is 14.2 Å². The van der Waals surface area contributed by atoms with Crippen molar-refractivity contribution in [3.05, 3.63) is 65.7 Å². The van der Waals surface area contributed by atoms with Gasteiger partial charge in [-0.15, -0.1) is 10.2 Å². The third-order valence-corrected chi connectivity index (χ3v) is 5.45. The van der Waals surface area contributed by atoms with Crippen molar-refractivity contribution in [1.29, 1.82) is 0 Å². The van der Waals surface area contributed by atoms with Gasteiger partial charge in [0.15, 0.2) is 11.0 Å². The molecule has 0 aliphatic rings. The molecule has 3 rings (SSSR count). The first-order valence-corrected chi connectivity index (χ1v) is 10.8. The quantitative estimate of drug-likeness (QED) is 0.388. The summed E-state index contributed by atoms with van der Waals surface area (Å²) in [6.45, 7) is 3.73. The second-order valence-electron chi connectivity index (χ2n) is 6.64. The summed E-state index contributed by atoms with van der Waals surface area (Å²) < 4.78 is 25.7. The maximum Gasteiger partial charge on any atom is 0.319 e. The molecule has 0 saturated carbocycles. The fraction of sp³-hybridized carbons (Fsp3) is 0.273. The van der Waals surface area contributed by atoms with Gasteiger partial charge in [-0.05, 0) is 56.3 Å². The van der Waals surface area contributed by atoms with Gasteiger partial charge < -0.3 is 14.8 Å². The van der Waals surface area contributed by atoms with Gasteiger partial charge >= 0.3 is 5.97 Å². The zero-order chi connectivity index (χ0) is 23.1. The largest absolute Gasteiger partial charge is 0.497 e. The molecule has 8 nitrogen and oxygen atoms in total. The van der Waals surface area contributed by atoms with Crippen molar-refractivity contribution < 1.29 is 23.5 Å². The maximum atomic E-state index is 13.9. The number of nitrogens with one attached hydrogen (secondary N) is 1. The van der Waals surface area contributed by atoms with Crippen LogP contribution in [0.15, 0.2) is 53.7 Å². The van der Waals surface area contributed by atoms with Crippen molar-refractivity contribution >= 4 is 23.6 Å². The zero-order valence-corrected chi connectivity index (χ0v) is 18.7. The first-order chi connectivity index (χ1) is 15.4. The Morgan fingerprint density at radius 1 is 1.19 bits per heavy atom. The third-order valence-electron chi connectivity index (χ3n) is 4.43. The van der Waals surface area contributed by atoms with Crippen molar-refractivity contribution in [2.45, 2.75) is 30.8 Å². The molecule has 1 atom stereocenters. The van der Waals surface area contributed by atoms with E-state index in [1.54, 1.807) is 61.9 Å². The number of methoxy groups -OCH3 is 1. The Morgan fingerprint density at radius 3 is 2.59 bits per heavy atom. The van der Waals surface area contributed by atoms with E-state index in [2.05, 4.69) is 15.5 Å². The van der Waals surface area contributed by atoms with E-state index in [0.29, 0.717) is 28.0 Å². The lowest BCUT2D eigenvalue weighted by Crippen LogP contribution is -2.24. The number of thioether (sulfide) groups is 1. The minimum absolute atomic E-state index is 0.0444. The minimum Gasteiger partial charge on any atom is -0.497 e. The van der Waals surface area contributed by atoms with Crippen molar-refractivity contribution in [2.24, 2.45) is 0 Å². The average molecular weight is 459 g/mol. The lowest BCUT2D eigenvalue weighted by atomic mass is 10.2. The number of nitrogens with zero attached hydrogens (tertiary/aromatic N) is 3. The Bertz CT molecular complexity index is 1090. The molecule has 168 valence electrons. The number of ether oxygens (including phenoxy) is 2. The van der Waals surface area contributed by atoms with Crippen LogP contribution >= 0.6 is 11.8 Å². The fourth-order valence-electron chi connectivity index (χ4n) is 2.84. The van der Waals surface area contributed by atoms with E-state index < -0.39 is 11.1 Å². The summed E-state index contributed by atoms with van der Waals surface area (Å²) in [5.74, 6) is -0.101. The SMILES string of the molecule is CCOC(=O)[C@@H](C)Sc1nnc(CNC(=O)c2ccc(OC)cc2)n1-c1cccc(F)c1. The highest BCUT2D eigenvalue weighted by Crippen LogP contribution is 2.27. The number of hydrogen-bond acceptors (Lipinski definition) is 7. The van der Waals surface area contributed by atoms with Crippen molar-refractivity contribution in [3.63, 3.8) is 0 Å². The van der Waals surface area contributed by atoms with Crippen LogP contribution < -0.4 is 10.1 Å². The number of amides is 1. The van der Waals surface area contributed by atoms with Gasteiger partial charge in [-0.1, -0.05) is 17.8 Å². The summed E-state index contributed by atoms with van der Waals surface area (Å²) in [7, 11) is 1.55. The Morgan fingerprint density at radius 2 is 1.94 bits per heavy atom. The van der Waals surface area contributed by atoms with Crippen molar-refractivity contribution in [3.8, 4) is 11.4 Å². The normalized spacial score (nSPS) is 11.6. The summed E-state index contributed by atoms with van der Waals surface area (Å²) in [5, 5.41) is 10.9. The summed E-state index contributed by atoms with van der Waals surface area (Å²) in [4.78, 5) is 24.6. The zero-order valence-electron chi connectivity index (χ0n) is 17.9. The van der Waals surface area contributed by atoms with E-state index in [4.69, 9.17) is 9.47 Å². The number of halogens is 1. The number of rotatable bonds is 9. The highest BCUT2D eigenvalue weighted by Gasteiger charge is 2.22. The highest BCUT2D eigenvalue weighted by molar-refractivity contribution is 8.00. The molecule has 2 aromatic carbocycles. The molecule has 0 unspecified atom stereocenters. The number of hydrogen-bond donors (Lipinski definition) is 1. The second-order valence-corrected chi connectivity index (χ2v) is 7.95. The topological polar surface area (TPSA) is 95.3 Å². The van der Waals surface area contributed by atoms with Gasteiger partial charge in [-0.2, -0.15) is 0 Å². The molecule has 0 saturated heterocycles. The third kappa shape index (κ3) is 5.64. The van der Waals surface area contributed by atoms with E-state index in [1.165, 1.54) is 12.1 Å². The van der Waals surface area contributed by atoms with Crippen LogP contribution in [0.25, 0.3) is 5.69 Å². The molecule has 10 heteroatoms. The molecule has 3 aromatic rings. The van der Waals surface area contributed by atoms with Gasteiger partial charge in [0.05, 0.1) is 25.9 Å². The van der Waals surface area contributed by atoms with Crippen LogP contribution in [0, 0.1) is 5.82 Å². The molecule has 1 amide bonds. The van der Waals surface area contributed by atoms with Crippen LogP contribution in [0.2, 0.25) is 0 Å². The summed E-state index contributed by atoms with van der Waals surface area (Å²) >= 11 is 1.14. The van der Waals surface area contributed by atoms with Crippen LogP contribution in [-0.2, 0) is 16.1 Å². The van der Waals surface area contributed by atoms with E-state index in [0.717, 1.165) is 11.8 Å². The van der Waals surface area contributed by atoms with Crippen molar-refractivity contribution in [2.75, 3.05) is 13.7 Å². The minimum atomic E-state index is -0.548. The molecule has 0 radical (unpaired) electrons. The molecule has 1 N–H and O–H groups in total. The fourth-order valence-corrected chi connectivity index (χ4v) is 3.72. The predicted molar refractivity (Wildman–Crippen MR) is 117 cm³/mol. The summed E-state index contributed by atoms with van der Waals surface area (Å²) in [5.41, 5.74) is 0.926. The number of benzene rings is 2. The van der Waals surface area contributed by atoms with E-state index >= 15 is 0 Å². The summed E-state index contributed by atoms with van der Waals surface area (Å²) in [6.07, 6.45) is 0. The molecule has 0 fully saturated rings. The number of aromatic nitrogens is 3.